The third kappa shape index (κ3) is 6.91. The second-order valence-corrected chi connectivity index (χ2v) is 5.86. The molecule has 0 heterocycles. The molecule has 2 aromatic rings. The molecule has 19 heavy (non-hydrogen) atoms. The topological polar surface area (TPSA) is 0 Å². The lowest BCUT2D eigenvalue weighted by Crippen LogP contribution is -2.03. The van der Waals surface area contributed by atoms with Gasteiger partial charge in [-0.1, -0.05) is 48.5 Å². The monoisotopic (exact) mass is 285 g/mol. The van der Waals surface area contributed by atoms with E-state index in [2.05, 4.69) is 66.9 Å². The molecular weight excluding hydrogens is 269 g/mol. The van der Waals surface area contributed by atoms with Crippen molar-refractivity contribution < 1.29 is 13.2 Å². The summed E-state index contributed by atoms with van der Waals surface area (Å²) in [5, 5.41) is 0. The molecule has 0 amide bonds. The highest BCUT2D eigenvalue weighted by atomic mass is 32.2. The van der Waals surface area contributed by atoms with E-state index in [0.29, 0.717) is 10.9 Å². The van der Waals surface area contributed by atoms with Crippen LogP contribution in [0.5, 0.6) is 0 Å². The van der Waals surface area contributed by atoms with E-state index in [1.165, 1.54) is 10.5 Å². The number of alkyl halides is 3. The summed E-state index contributed by atoms with van der Waals surface area (Å²) in [5.74, 6) is 1.14. The van der Waals surface area contributed by atoms with E-state index >= 15 is 0 Å². The van der Waals surface area contributed by atoms with Gasteiger partial charge in [-0.05, 0) is 12.1 Å². The Morgan fingerprint density at radius 3 is 1.74 bits per heavy atom. The Hall–Kier alpha value is -1.42. The van der Waals surface area contributed by atoms with Gasteiger partial charge in [0.05, 0.1) is 0 Å². The zero-order chi connectivity index (χ0) is 14.1. The number of rotatable bonds is 3. The first-order valence-corrected chi connectivity index (χ1v) is 7.53. The first-order chi connectivity index (χ1) is 9.09. The molecule has 102 valence electrons. The molecule has 0 spiro atoms. The fourth-order valence-corrected chi connectivity index (χ4v) is 3.04. The lowest BCUT2D eigenvalue weighted by molar-refractivity contribution is 0.00819. The van der Waals surface area contributed by atoms with Gasteiger partial charge in [0.25, 0.3) is 0 Å². The minimum atomic E-state index is -3.67. The van der Waals surface area contributed by atoms with E-state index in [1.807, 2.05) is 0 Å². The van der Waals surface area contributed by atoms with Crippen molar-refractivity contribution in [1.82, 2.24) is 0 Å². The Morgan fingerprint density at radius 2 is 1.26 bits per heavy atom. The Bertz CT molecular complexity index is 443. The fraction of sp³-hybridized carbons (Fsp3) is 0.200. The number of benzene rings is 2. The Morgan fingerprint density at radius 1 is 0.842 bits per heavy atom. The van der Waals surface area contributed by atoms with Gasteiger partial charge in [-0.25, -0.2) is 0 Å². The summed E-state index contributed by atoms with van der Waals surface area (Å²) >= 11 is 0. The minimum Gasteiger partial charge on any atom is -0.174 e. The maximum atomic E-state index is 9.67. The molecule has 0 saturated carbocycles. The van der Waals surface area contributed by atoms with Gasteiger partial charge in [0, 0.05) is 16.5 Å². The van der Waals surface area contributed by atoms with E-state index in [0.717, 1.165) is 5.75 Å². The zero-order valence-corrected chi connectivity index (χ0v) is 11.4. The van der Waals surface area contributed by atoms with Gasteiger partial charge >= 0.3 is 6.68 Å². The Balaban J connectivity index is 0.000000399. The second kappa shape index (κ2) is 8.64. The van der Waals surface area contributed by atoms with Crippen molar-refractivity contribution in [2.75, 3.05) is 6.26 Å². The molecule has 1 unspecified atom stereocenters. The fourth-order valence-electron chi connectivity index (χ4n) is 1.56. The largest absolute Gasteiger partial charge is 0.379 e. The first kappa shape index (κ1) is 15.6. The van der Waals surface area contributed by atoms with E-state index < -0.39 is 6.68 Å². The summed E-state index contributed by atoms with van der Waals surface area (Å²) in [5.41, 5.74) is 1.42. The van der Waals surface area contributed by atoms with E-state index in [4.69, 9.17) is 0 Å². The van der Waals surface area contributed by atoms with E-state index in [9.17, 15) is 13.2 Å². The zero-order valence-electron chi connectivity index (χ0n) is 10.6. The van der Waals surface area contributed by atoms with Gasteiger partial charge < -0.3 is 0 Å². The van der Waals surface area contributed by atoms with Crippen molar-refractivity contribution in [2.45, 2.75) is 17.3 Å². The second-order valence-electron chi connectivity index (χ2n) is 3.83. The molecule has 0 N–H and O–H groups in total. The summed E-state index contributed by atoms with van der Waals surface area (Å²) in [6.07, 6.45) is 2.31. The van der Waals surface area contributed by atoms with Crippen LogP contribution in [0, 0.1) is 0 Å². The lowest BCUT2D eigenvalue weighted by Gasteiger charge is -2.02. The van der Waals surface area contributed by atoms with Crippen LogP contribution in [-0.4, -0.2) is 12.9 Å². The van der Waals surface area contributed by atoms with Gasteiger partial charge in [-0.2, -0.15) is 13.2 Å². The molecule has 0 aliphatic rings. The molecule has 0 aliphatic carbocycles. The van der Waals surface area contributed by atoms with Crippen LogP contribution in [0.2, 0.25) is 0 Å². The van der Waals surface area contributed by atoms with Crippen molar-refractivity contribution in [3.05, 3.63) is 66.2 Å². The Labute approximate surface area is 114 Å². The third-order valence-corrected chi connectivity index (χ3v) is 4.21. The van der Waals surface area contributed by atoms with Gasteiger partial charge in [0.2, 0.25) is 0 Å². The van der Waals surface area contributed by atoms with Crippen molar-refractivity contribution >= 4 is 10.9 Å². The molecule has 2 aromatic carbocycles. The van der Waals surface area contributed by atoms with Gasteiger partial charge in [-0.15, -0.1) is 0 Å². The molecule has 2 rings (SSSR count). The van der Waals surface area contributed by atoms with E-state index in [1.54, 1.807) is 0 Å². The minimum absolute atomic E-state index is 0.316. The lowest BCUT2D eigenvalue weighted by atomic mass is 10.2. The maximum absolute atomic E-state index is 9.67. The maximum Gasteiger partial charge on any atom is 0.379 e. The number of halogens is 3. The molecule has 0 nitrogen and oxygen atoms in total. The van der Waals surface area contributed by atoms with Crippen molar-refractivity contribution in [3.8, 4) is 0 Å². The first-order valence-electron chi connectivity index (χ1n) is 5.73. The smallest absolute Gasteiger partial charge is 0.174 e. The summed E-state index contributed by atoms with van der Waals surface area (Å²) in [6.45, 7) is -3.67. The van der Waals surface area contributed by atoms with Crippen LogP contribution in [0.4, 0.5) is 13.2 Å². The van der Waals surface area contributed by atoms with Crippen molar-refractivity contribution in [2.24, 2.45) is 0 Å². The summed E-state index contributed by atoms with van der Waals surface area (Å²) in [7, 11) is 0.316. The average molecular weight is 285 g/mol. The van der Waals surface area contributed by atoms with Crippen LogP contribution < -0.4 is 0 Å². The standard InChI is InChI=1S/C14H15S.CHF3/c1-15(14-10-6-3-7-11-14)12-13-8-4-2-5-9-13;2-1(3)4/h2-11H,12H2,1H3;1H/q+1;. The summed E-state index contributed by atoms with van der Waals surface area (Å²) in [6, 6.07) is 21.4. The van der Waals surface area contributed by atoms with Crippen molar-refractivity contribution in [3.63, 3.8) is 0 Å². The highest BCUT2D eigenvalue weighted by molar-refractivity contribution is 7.95. The molecule has 4 heteroatoms. The van der Waals surface area contributed by atoms with Gasteiger partial charge in [0.15, 0.2) is 4.90 Å². The average Bonchev–Trinajstić information content (AvgIpc) is 2.40. The van der Waals surface area contributed by atoms with Crippen LogP contribution in [0.15, 0.2) is 65.6 Å². The van der Waals surface area contributed by atoms with Crippen LogP contribution >= 0.6 is 0 Å². The summed E-state index contributed by atoms with van der Waals surface area (Å²) < 4.78 is 29.0. The molecule has 0 aliphatic heterocycles. The van der Waals surface area contributed by atoms with Crippen LogP contribution in [0.25, 0.3) is 0 Å². The normalized spacial score (nSPS) is 11.6. The summed E-state index contributed by atoms with van der Waals surface area (Å²) in [4.78, 5) is 1.45. The highest BCUT2D eigenvalue weighted by Crippen LogP contribution is 2.15. The SMILES string of the molecule is C[S+](Cc1ccccc1)c1ccccc1.FC(F)F. The quantitative estimate of drug-likeness (QED) is 0.719. The molecule has 0 fully saturated rings. The van der Waals surface area contributed by atoms with Crippen molar-refractivity contribution in [1.29, 1.82) is 0 Å². The van der Waals surface area contributed by atoms with Crippen LogP contribution in [0.1, 0.15) is 5.56 Å². The number of hydrogen-bond acceptors (Lipinski definition) is 0. The molecule has 0 bridgehead atoms. The predicted molar refractivity (Wildman–Crippen MR) is 75.3 cm³/mol. The highest BCUT2D eigenvalue weighted by Gasteiger charge is 2.14. The molecular formula is C15H16F3S+. The van der Waals surface area contributed by atoms with Crippen LogP contribution in [0.3, 0.4) is 0 Å². The predicted octanol–water partition coefficient (Wildman–Crippen LogP) is 4.67. The van der Waals surface area contributed by atoms with Gasteiger partial charge in [-0.3, -0.25) is 0 Å². The molecule has 0 radical (unpaired) electrons. The molecule has 1 atom stereocenters. The molecule has 0 aromatic heterocycles. The van der Waals surface area contributed by atoms with Gasteiger partial charge in [0.1, 0.15) is 12.0 Å². The number of hydrogen-bond donors (Lipinski definition) is 0. The van der Waals surface area contributed by atoms with E-state index in [-0.39, 0.29) is 0 Å². The molecule has 0 saturated heterocycles. The van der Waals surface area contributed by atoms with Crippen LogP contribution in [-0.2, 0) is 16.6 Å². The Kier molecular flexibility index (Phi) is 7.11. The third-order valence-electron chi connectivity index (χ3n) is 2.37.